The van der Waals surface area contributed by atoms with Crippen molar-refractivity contribution >= 4 is 17.6 Å². The van der Waals surface area contributed by atoms with E-state index in [0.717, 1.165) is 5.56 Å². The van der Waals surface area contributed by atoms with Crippen LogP contribution >= 0.6 is 11.6 Å². The Hall–Kier alpha value is -1.75. The fraction of sp³-hybridized carbons (Fsp3) is 0.500. The molecule has 7 heteroatoms. The van der Waals surface area contributed by atoms with Crippen LogP contribution in [0, 0.1) is 5.92 Å². The first-order valence-corrected chi connectivity index (χ1v) is 7.14. The lowest BCUT2D eigenvalue weighted by Crippen LogP contribution is -2.55. The maximum absolute atomic E-state index is 11.7. The van der Waals surface area contributed by atoms with Crippen LogP contribution < -0.4 is 5.32 Å². The van der Waals surface area contributed by atoms with E-state index < -0.39 is 17.4 Å². The molecule has 0 bridgehead atoms. The fourth-order valence-electron chi connectivity index (χ4n) is 3.22. The van der Waals surface area contributed by atoms with Gasteiger partial charge in [0, 0.05) is 15.3 Å². The molecule has 0 aromatic heterocycles. The molecule has 112 valence electrons. The molecular weight excluding hydrogens is 292 g/mol. The second kappa shape index (κ2) is 6.35. The third kappa shape index (κ3) is 2.83. The molecule has 0 amide bonds. The first-order valence-electron chi connectivity index (χ1n) is 6.76. The predicted octanol–water partition coefficient (Wildman–Crippen LogP) is 2.97. The lowest BCUT2D eigenvalue weighted by Gasteiger charge is -2.45. The standard InChI is InChI=1S/C14H17ClN4O2/c1-9-8-17-7-6-14(9,12(13(20)21)18-19-16)10-2-4-11(15)5-3-10/h2-5,9,12,17H,6-8H2,1H3,(H,20,21). The number of azide groups is 1. The number of hydrogen-bond acceptors (Lipinski definition) is 3. The summed E-state index contributed by atoms with van der Waals surface area (Å²) in [6.45, 7) is 3.33. The highest BCUT2D eigenvalue weighted by Crippen LogP contribution is 2.42. The van der Waals surface area contributed by atoms with Crippen molar-refractivity contribution in [2.75, 3.05) is 13.1 Å². The predicted molar refractivity (Wildman–Crippen MR) is 80.4 cm³/mol. The minimum atomic E-state index is -1.14. The Kier molecular flexibility index (Phi) is 4.73. The Labute approximate surface area is 127 Å². The highest BCUT2D eigenvalue weighted by atomic mass is 35.5. The highest BCUT2D eigenvalue weighted by Gasteiger charge is 2.49. The van der Waals surface area contributed by atoms with Gasteiger partial charge in [-0.2, -0.15) is 0 Å². The summed E-state index contributed by atoms with van der Waals surface area (Å²) in [5.41, 5.74) is 8.89. The maximum Gasteiger partial charge on any atom is 0.313 e. The average molecular weight is 309 g/mol. The number of nitrogens with one attached hydrogen (secondary N) is 1. The SMILES string of the molecule is CC1CNCCC1(c1ccc(Cl)cc1)C(N=[N+]=[N-])C(=O)O. The van der Waals surface area contributed by atoms with Crippen LogP contribution in [0.4, 0.5) is 0 Å². The summed E-state index contributed by atoms with van der Waals surface area (Å²) < 4.78 is 0. The largest absolute Gasteiger partial charge is 0.481 e. The second-order valence-electron chi connectivity index (χ2n) is 5.35. The van der Waals surface area contributed by atoms with Crippen molar-refractivity contribution in [3.05, 3.63) is 45.3 Å². The van der Waals surface area contributed by atoms with Gasteiger partial charge in [0.1, 0.15) is 6.04 Å². The number of carbonyl (C=O) groups is 1. The summed E-state index contributed by atoms with van der Waals surface area (Å²) in [7, 11) is 0. The van der Waals surface area contributed by atoms with Crippen molar-refractivity contribution in [3.63, 3.8) is 0 Å². The van der Waals surface area contributed by atoms with Gasteiger partial charge in [0.15, 0.2) is 0 Å². The van der Waals surface area contributed by atoms with Crippen molar-refractivity contribution < 1.29 is 9.90 Å². The molecule has 2 rings (SSSR count). The molecular formula is C14H17ClN4O2. The molecule has 21 heavy (non-hydrogen) atoms. The third-order valence-electron chi connectivity index (χ3n) is 4.32. The van der Waals surface area contributed by atoms with Crippen molar-refractivity contribution in [3.8, 4) is 0 Å². The van der Waals surface area contributed by atoms with Crippen molar-refractivity contribution in [2.24, 2.45) is 11.0 Å². The lowest BCUT2D eigenvalue weighted by molar-refractivity contribution is -0.141. The monoisotopic (exact) mass is 308 g/mol. The summed E-state index contributed by atoms with van der Waals surface area (Å²) in [5.74, 6) is -1.09. The molecule has 6 nitrogen and oxygen atoms in total. The molecule has 0 aliphatic carbocycles. The number of nitrogens with zero attached hydrogens (tertiary/aromatic N) is 3. The van der Waals surface area contributed by atoms with E-state index in [1.807, 2.05) is 19.1 Å². The van der Waals surface area contributed by atoms with E-state index in [1.165, 1.54) is 0 Å². The van der Waals surface area contributed by atoms with E-state index in [-0.39, 0.29) is 5.92 Å². The van der Waals surface area contributed by atoms with E-state index in [1.54, 1.807) is 12.1 Å². The molecule has 1 saturated heterocycles. The molecule has 0 spiro atoms. The van der Waals surface area contributed by atoms with Crippen LogP contribution in [0.3, 0.4) is 0 Å². The van der Waals surface area contributed by atoms with E-state index >= 15 is 0 Å². The van der Waals surface area contributed by atoms with E-state index in [0.29, 0.717) is 24.5 Å². The molecule has 0 saturated carbocycles. The van der Waals surface area contributed by atoms with Gasteiger partial charge in [0.2, 0.25) is 0 Å². The quantitative estimate of drug-likeness (QED) is 0.508. The number of aliphatic carboxylic acids is 1. The normalized spacial score (nSPS) is 26.7. The van der Waals surface area contributed by atoms with Crippen LogP contribution in [0.25, 0.3) is 10.4 Å². The van der Waals surface area contributed by atoms with Crippen LogP contribution in [-0.4, -0.2) is 30.2 Å². The van der Waals surface area contributed by atoms with Gasteiger partial charge in [-0.05, 0) is 48.7 Å². The minimum absolute atomic E-state index is 0.0130. The van der Waals surface area contributed by atoms with Gasteiger partial charge >= 0.3 is 5.97 Å². The minimum Gasteiger partial charge on any atom is -0.481 e. The molecule has 1 aliphatic rings. The number of benzene rings is 1. The van der Waals surface area contributed by atoms with Crippen molar-refractivity contribution in [1.29, 1.82) is 0 Å². The molecule has 0 radical (unpaired) electrons. The lowest BCUT2D eigenvalue weighted by atomic mass is 9.62. The Morgan fingerprint density at radius 2 is 2.24 bits per heavy atom. The zero-order chi connectivity index (χ0) is 15.5. The Morgan fingerprint density at radius 1 is 1.57 bits per heavy atom. The number of rotatable bonds is 4. The van der Waals surface area contributed by atoms with Gasteiger partial charge in [0.05, 0.1) is 0 Å². The van der Waals surface area contributed by atoms with Gasteiger partial charge in [-0.25, -0.2) is 0 Å². The summed E-state index contributed by atoms with van der Waals surface area (Å²) >= 11 is 5.93. The molecule has 1 aromatic rings. The number of piperidine rings is 1. The van der Waals surface area contributed by atoms with Gasteiger partial charge < -0.3 is 10.4 Å². The Balaban J connectivity index is 2.60. The zero-order valence-electron chi connectivity index (χ0n) is 11.7. The first-order chi connectivity index (χ1) is 10.0. The molecule has 3 atom stereocenters. The molecule has 1 heterocycles. The summed E-state index contributed by atoms with van der Waals surface area (Å²) in [6.07, 6.45) is 0.589. The van der Waals surface area contributed by atoms with Crippen molar-refractivity contribution in [2.45, 2.75) is 24.8 Å². The fourth-order valence-corrected chi connectivity index (χ4v) is 3.35. The van der Waals surface area contributed by atoms with E-state index in [2.05, 4.69) is 15.3 Å². The van der Waals surface area contributed by atoms with Crippen molar-refractivity contribution in [1.82, 2.24) is 5.32 Å². The van der Waals surface area contributed by atoms with Crippen LogP contribution in [0.5, 0.6) is 0 Å². The topological polar surface area (TPSA) is 98.1 Å². The first kappa shape index (κ1) is 15.6. The maximum atomic E-state index is 11.7. The number of halogens is 1. The zero-order valence-corrected chi connectivity index (χ0v) is 12.4. The van der Waals surface area contributed by atoms with E-state index in [4.69, 9.17) is 17.1 Å². The molecule has 2 N–H and O–H groups in total. The molecule has 1 aliphatic heterocycles. The van der Waals surface area contributed by atoms with Gasteiger partial charge in [-0.1, -0.05) is 35.8 Å². The second-order valence-corrected chi connectivity index (χ2v) is 5.78. The third-order valence-corrected chi connectivity index (χ3v) is 4.57. The van der Waals surface area contributed by atoms with Gasteiger partial charge in [-0.3, -0.25) is 4.79 Å². The van der Waals surface area contributed by atoms with Crippen LogP contribution in [0.2, 0.25) is 5.02 Å². The average Bonchev–Trinajstić information content (AvgIpc) is 2.46. The van der Waals surface area contributed by atoms with Crippen LogP contribution in [0.15, 0.2) is 29.4 Å². The smallest absolute Gasteiger partial charge is 0.313 e. The Morgan fingerprint density at radius 3 is 2.76 bits per heavy atom. The number of carboxylic acids is 1. The van der Waals surface area contributed by atoms with Crippen LogP contribution in [-0.2, 0) is 10.2 Å². The van der Waals surface area contributed by atoms with Crippen LogP contribution in [0.1, 0.15) is 18.9 Å². The molecule has 1 aromatic carbocycles. The molecule has 1 fully saturated rings. The van der Waals surface area contributed by atoms with Gasteiger partial charge in [0.25, 0.3) is 0 Å². The Bertz CT molecular complexity index is 569. The molecule has 3 unspecified atom stereocenters. The summed E-state index contributed by atoms with van der Waals surface area (Å²) in [5, 5.41) is 17.0. The van der Waals surface area contributed by atoms with Gasteiger partial charge in [-0.15, -0.1) is 0 Å². The highest BCUT2D eigenvalue weighted by molar-refractivity contribution is 6.30. The number of hydrogen-bond donors (Lipinski definition) is 2. The summed E-state index contributed by atoms with van der Waals surface area (Å²) in [4.78, 5) is 14.4. The summed E-state index contributed by atoms with van der Waals surface area (Å²) in [6, 6.07) is 5.99. The number of carboxylic acid groups (broad SMARTS) is 1. The van der Waals surface area contributed by atoms with E-state index in [9.17, 15) is 9.90 Å².